The lowest BCUT2D eigenvalue weighted by atomic mass is 10.1. The number of carbonyl (C=O) groups excluding carboxylic acids is 1. The molecule has 1 amide bonds. The van der Waals surface area contributed by atoms with Crippen LogP contribution in [0.3, 0.4) is 0 Å². The Morgan fingerprint density at radius 2 is 1.97 bits per heavy atom. The van der Waals surface area contributed by atoms with Crippen molar-refractivity contribution in [2.45, 2.75) is 32.4 Å². The number of nitrogens with zero attached hydrogens (tertiary/aromatic N) is 2. The molecule has 0 aliphatic carbocycles. The second kappa shape index (κ2) is 10.9. The monoisotopic (exact) mass is 488 g/mol. The van der Waals surface area contributed by atoms with E-state index in [-0.39, 0.29) is 36.4 Å². The van der Waals surface area contributed by atoms with Gasteiger partial charge in [-0.3, -0.25) is 14.4 Å². The highest BCUT2D eigenvalue weighted by molar-refractivity contribution is 7.18. The van der Waals surface area contributed by atoms with Gasteiger partial charge in [-0.1, -0.05) is 6.07 Å². The number of anilines is 1. The van der Waals surface area contributed by atoms with Gasteiger partial charge in [-0.2, -0.15) is 0 Å². The van der Waals surface area contributed by atoms with Crippen molar-refractivity contribution in [2.75, 3.05) is 18.1 Å². The summed E-state index contributed by atoms with van der Waals surface area (Å²) in [6.45, 7) is 2.16. The minimum absolute atomic E-state index is 0.148. The molecule has 2 aromatic heterocycles. The number of aromatic amines is 1. The van der Waals surface area contributed by atoms with Gasteiger partial charge in [0.2, 0.25) is 0 Å². The molecule has 0 aliphatic heterocycles. The lowest BCUT2D eigenvalue weighted by Gasteiger charge is -2.22. The molecule has 12 heteroatoms. The summed E-state index contributed by atoms with van der Waals surface area (Å²) in [4.78, 5) is 55.9. The average molecular weight is 489 g/mol. The molecule has 0 bridgehead atoms. The van der Waals surface area contributed by atoms with Gasteiger partial charge >= 0.3 is 11.9 Å². The highest BCUT2D eigenvalue weighted by atomic mass is 32.1. The number of benzene rings is 1. The Hall–Kier alpha value is -3.77. The summed E-state index contributed by atoms with van der Waals surface area (Å²) >= 11 is 1.11. The van der Waals surface area contributed by atoms with Crippen LogP contribution in [-0.2, 0) is 16.1 Å². The zero-order valence-corrected chi connectivity index (χ0v) is 19.1. The molecular formula is C22H24N4O7S. The molecule has 0 unspecified atom stereocenters. The third-order valence-electron chi connectivity index (χ3n) is 5.01. The Morgan fingerprint density at radius 1 is 1.21 bits per heavy atom. The molecule has 3 rings (SSSR count). The summed E-state index contributed by atoms with van der Waals surface area (Å²) in [5.74, 6) is -2.58. The molecule has 0 saturated carbocycles. The molecule has 1 aromatic carbocycles. The molecule has 5 N–H and O–H groups in total. The number of thiophene rings is 1. The van der Waals surface area contributed by atoms with Gasteiger partial charge in [0.1, 0.15) is 11.9 Å². The molecule has 34 heavy (non-hydrogen) atoms. The first kappa shape index (κ1) is 24.9. The summed E-state index contributed by atoms with van der Waals surface area (Å²) in [5, 5.41) is 31.0. The topological polar surface area (TPSA) is 173 Å². The first-order valence-corrected chi connectivity index (χ1v) is 11.2. The maximum Gasteiger partial charge on any atom is 0.326 e. The summed E-state index contributed by atoms with van der Waals surface area (Å²) < 4.78 is 0. The number of aromatic nitrogens is 2. The van der Waals surface area contributed by atoms with Crippen LogP contribution < -0.4 is 15.8 Å². The van der Waals surface area contributed by atoms with E-state index in [4.69, 9.17) is 5.11 Å². The molecule has 1 atom stereocenters. The van der Waals surface area contributed by atoms with Crippen LogP contribution in [0.2, 0.25) is 0 Å². The fraction of sp³-hybridized carbons (Fsp3) is 0.318. The van der Waals surface area contributed by atoms with Crippen LogP contribution in [0.4, 0.5) is 5.00 Å². The van der Waals surface area contributed by atoms with E-state index in [2.05, 4.69) is 15.3 Å². The maximum absolute atomic E-state index is 12.5. The first-order valence-electron chi connectivity index (χ1n) is 10.4. The van der Waals surface area contributed by atoms with Crippen LogP contribution in [0.15, 0.2) is 35.1 Å². The van der Waals surface area contributed by atoms with Crippen molar-refractivity contribution in [3.05, 3.63) is 57.0 Å². The fourth-order valence-corrected chi connectivity index (χ4v) is 4.32. The Balaban J connectivity index is 1.77. The summed E-state index contributed by atoms with van der Waals surface area (Å²) in [5.41, 5.74) is 1.13. The molecule has 0 aliphatic rings. The van der Waals surface area contributed by atoms with Crippen molar-refractivity contribution in [1.82, 2.24) is 15.3 Å². The van der Waals surface area contributed by atoms with E-state index in [1.165, 1.54) is 6.07 Å². The third-order valence-corrected chi connectivity index (χ3v) is 6.15. The molecule has 180 valence electrons. The first-order chi connectivity index (χ1) is 16.2. The van der Waals surface area contributed by atoms with Crippen molar-refractivity contribution >= 4 is 45.1 Å². The van der Waals surface area contributed by atoms with Gasteiger partial charge in [0.05, 0.1) is 27.4 Å². The van der Waals surface area contributed by atoms with E-state index in [0.29, 0.717) is 28.3 Å². The van der Waals surface area contributed by atoms with Crippen molar-refractivity contribution in [1.29, 1.82) is 0 Å². The van der Waals surface area contributed by atoms with Crippen LogP contribution in [-0.4, -0.2) is 62.3 Å². The molecule has 0 fully saturated rings. The van der Waals surface area contributed by atoms with Crippen LogP contribution in [0, 0.1) is 6.92 Å². The van der Waals surface area contributed by atoms with Crippen molar-refractivity contribution in [3.8, 4) is 0 Å². The molecule has 0 radical (unpaired) electrons. The quantitative estimate of drug-likeness (QED) is 0.267. The number of carboxylic acids is 2. The van der Waals surface area contributed by atoms with Gasteiger partial charge < -0.3 is 30.5 Å². The van der Waals surface area contributed by atoms with Crippen LogP contribution in [0.5, 0.6) is 0 Å². The number of carboxylic acid groups (broad SMARTS) is 2. The van der Waals surface area contributed by atoms with E-state index >= 15 is 0 Å². The van der Waals surface area contributed by atoms with Crippen LogP contribution in [0.1, 0.15) is 33.9 Å². The van der Waals surface area contributed by atoms with Crippen molar-refractivity contribution < 1.29 is 29.7 Å². The minimum Gasteiger partial charge on any atom is -0.481 e. The molecule has 0 saturated heterocycles. The summed E-state index contributed by atoms with van der Waals surface area (Å²) in [6, 6.07) is 7.21. The number of carbonyl (C=O) groups is 3. The van der Waals surface area contributed by atoms with E-state index in [9.17, 15) is 29.4 Å². The number of hydrogen-bond donors (Lipinski definition) is 5. The third kappa shape index (κ3) is 6.17. The number of nitrogens with one attached hydrogen (secondary N) is 2. The van der Waals surface area contributed by atoms with Crippen LogP contribution in [0.25, 0.3) is 10.9 Å². The summed E-state index contributed by atoms with van der Waals surface area (Å²) in [7, 11) is 0. The number of aliphatic hydroxyl groups excluding tert-OH is 1. The predicted octanol–water partition coefficient (Wildman–Crippen LogP) is 1.34. The average Bonchev–Trinajstić information content (AvgIpc) is 3.26. The van der Waals surface area contributed by atoms with E-state index in [1.54, 1.807) is 25.1 Å². The Bertz CT molecular complexity index is 1270. The lowest BCUT2D eigenvalue weighted by molar-refractivity contribution is -0.140. The molecule has 0 spiro atoms. The molecule has 2 heterocycles. The standard InChI is InChI=1S/C22H24N4O7S/c1-12-23-15-3-2-13(10-14(15)20(30)24-12)11-26(8-9-27)18-6-5-17(34-18)21(31)25-16(22(32)33)4-7-19(28)29/h2-3,5-6,10,16,27H,4,7-9,11H2,1H3,(H,25,31)(H,28,29)(H,32,33)(H,23,24,30)/t16-/m0/s1. The predicted molar refractivity (Wildman–Crippen MR) is 125 cm³/mol. The SMILES string of the molecule is Cc1nc2ccc(CN(CCO)c3ccc(C(=O)N[C@@H](CCC(=O)O)C(=O)O)s3)cc2c(=O)[nH]1. The zero-order chi connectivity index (χ0) is 24.8. The number of aliphatic hydroxyl groups is 1. The molecule has 3 aromatic rings. The molecule has 11 nitrogen and oxygen atoms in total. The lowest BCUT2D eigenvalue weighted by Crippen LogP contribution is -2.40. The number of aliphatic carboxylic acids is 2. The van der Waals surface area contributed by atoms with Gasteiger partial charge in [0.25, 0.3) is 11.5 Å². The number of hydrogen-bond acceptors (Lipinski definition) is 8. The number of fused-ring (bicyclic) bond motifs is 1. The number of rotatable bonds is 11. The second-order valence-electron chi connectivity index (χ2n) is 7.58. The second-order valence-corrected chi connectivity index (χ2v) is 8.64. The largest absolute Gasteiger partial charge is 0.481 e. The smallest absolute Gasteiger partial charge is 0.326 e. The maximum atomic E-state index is 12.5. The Kier molecular flexibility index (Phi) is 7.97. The normalized spacial score (nSPS) is 11.8. The highest BCUT2D eigenvalue weighted by Crippen LogP contribution is 2.28. The summed E-state index contributed by atoms with van der Waals surface area (Å²) in [6.07, 6.45) is -0.623. The Morgan fingerprint density at radius 3 is 2.65 bits per heavy atom. The van der Waals surface area contributed by atoms with Gasteiger partial charge in [0, 0.05) is 19.5 Å². The zero-order valence-electron chi connectivity index (χ0n) is 18.3. The van der Waals surface area contributed by atoms with Crippen molar-refractivity contribution in [2.24, 2.45) is 0 Å². The van der Waals surface area contributed by atoms with Gasteiger partial charge in [-0.15, -0.1) is 11.3 Å². The van der Waals surface area contributed by atoms with E-state index < -0.39 is 23.9 Å². The molecular weight excluding hydrogens is 464 g/mol. The fourth-order valence-electron chi connectivity index (χ4n) is 3.38. The van der Waals surface area contributed by atoms with Gasteiger partial charge in [-0.05, 0) is 43.2 Å². The van der Waals surface area contributed by atoms with Gasteiger partial charge in [0.15, 0.2) is 0 Å². The minimum atomic E-state index is -1.32. The number of amides is 1. The highest BCUT2D eigenvalue weighted by Gasteiger charge is 2.23. The number of aryl methyl sites for hydroxylation is 1. The van der Waals surface area contributed by atoms with Gasteiger partial charge in [-0.25, -0.2) is 9.78 Å². The Labute approximate surface area is 197 Å². The van der Waals surface area contributed by atoms with Crippen LogP contribution >= 0.6 is 11.3 Å². The number of H-pyrrole nitrogens is 1. The van der Waals surface area contributed by atoms with Crippen molar-refractivity contribution in [3.63, 3.8) is 0 Å². The van der Waals surface area contributed by atoms with E-state index in [1.807, 2.05) is 11.0 Å². The van der Waals surface area contributed by atoms with E-state index in [0.717, 1.165) is 16.9 Å².